The zero-order valence-electron chi connectivity index (χ0n) is 15.2. The smallest absolute Gasteiger partial charge is 0.159 e. The molecule has 28 heavy (non-hydrogen) atoms. The lowest BCUT2D eigenvalue weighted by molar-refractivity contribution is 0.311. The number of aromatic amines is 1. The fourth-order valence-corrected chi connectivity index (χ4v) is 3.06. The number of hydrogen-bond acceptors (Lipinski definition) is 6. The molecule has 0 aliphatic heterocycles. The zero-order chi connectivity index (χ0) is 19.5. The van der Waals surface area contributed by atoms with Gasteiger partial charge in [0.25, 0.3) is 0 Å². The first-order chi connectivity index (χ1) is 13.7. The molecule has 0 saturated carbocycles. The Kier molecular flexibility index (Phi) is 4.86. The van der Waals surface area contributed by atoms with Crippen molar-refractivity contribution in [1.82, 2.24) is 19.9 Å². The van der Waals surface area contributed by atoms with Crippen molar-refractivity contribution in [3.8, 4) is 22.4 Å². The molecule has 0 atom stereocenters. The highest BCUT2D eigenvalue weighted by molar-refractivity contribution is 6.00. The predicted octanol–water partition coefficient (Wildman–Crippen LogP) is 3.27. The molecule has 0 amide bonds. The van der Waals surface area contributed by atoms with Crippen molar-refractivity contribution in [2.45, 2.75) is 0 Å². The Hall–Kier alpha value is -3.52. The Morgan fingerprint density at radius 2 is 1.89 bits per heavy atom. The van der Waals surface area contributed by atoms with Crippen LogP contribution in [0.15, 0.2) is 48.8 Å². The van der Waals surface area contributed by atoms with Crippen LogP contribution < -0.4 is 10.6 Å². The number of halogens is 1. The molecule has 4 rings (SSSR count). The molecule has 0 aliphatic carbocycles. The van der Waals surface area contributed by atoms with E-state index < -0.39 is 0 Å². The summed E-state index contributed by atoms with van der Waals surface area (Å²) in [6.07, 6.45) is 3.35. The second-order valence-corrected chi connectivity index (χ2v) is 6.16. The van der Waals surface area contributed by atoms with E-state index in [0.29, 0.717) is 29.3 Å². The lowest BCUT2D eigenvalue weighted by Gasteiger charge is -2.08. The molecule has 7 nitrogen and oxygen atoms in total. The molecule has 0 aliphatic rings. The minimum atomic E-state index is -0.298. The summed E-state index contributed by atoms with van der Waals surface area (Å²) in [5.41, 5.74) is 4.68. The van der Waals surface area contributed by atoms with Crippen LogP contribution in [0.25, 0.3) is 33.5 Å². The van der Waals surface area contributed by atoms with E-state index in [1.54, 1.807) is 31.6 Å². The summed E-state index contributed by atoms with van der Waals surface area (Å²) in [5, 5.41) is 15.1. The van der Waals surface area contributed by atoms with Crippen molar-refractivity contribution in [3.05, 3.63) is 54.6 Å². The maximum absolute atomic E-state index is 13.5. The summed E-state index contributed by atoms with van der Waals surface area (Å²) in [4.78, 5) is 16.7. The van der Waals surface area contributed by atoms with Crippen LogP contribution in [0.2, 0.25) is 0 Å². The van der Waals surface area contributed by atoms with E-state index >= 15 is 0 Å². The number of nitrogens with one attached hydrogen (secondary N) is 3. The number of aliphatic hydroxyl groups is 1. The number of aromatic nitrogens is 4. The van der Waals surface area contributed by atoms with Crippen LogP contribution in [-0.2, 0) is 0 Å². The second-order valence-electron chi connectivity index (χ2n) is 6.16. The second kappa shape index (κ2) is 7.61. The van der Waals surface area contributed by atoms with E-state index in [4.69, 9.17) is 5.11 Å². The Bertz CT molecular complexity index is 1110. The van der Waals surface area contributed by atoms with Crippen molar-refractivity contribution in [1.29, 1.82) is 0 Å². The summed E-state index contributed by atoms with van der Waals surface area (Å²) < 4.78 is 13.5. The number of nitrogens with zero attached hydrogens (tertiary/aromatic N) is 3. The van der Waals surface area contributed by atoms with Crippen molar-refractivity contribution >= 4 is 22.8 Å². The number of fused-ring (bicyclic) bond motifs is 1. The van der Waals surface area contributed by atoms with Gasteiger partial charge in [-0.05, 0) is 29.8 Å². The van der Waals surface area contributed by atoms with Crippen LogP contribution in [-0.4, -0.2) is 45.2 Å². The predicted molar refractivity (Wildman–Crippen MR) is 108 cm³/mol. The molecule has 0 bridgehead atoms. The fourth-order valence-electron chi connectivity index (χ4n) is 3.06. The fraction of sp³-hybridized carbons (Fsp3) is 0.150. The molecule has 3 aromatic heterocycles. The maximum Gasteiger partial charge on any atom is 0.159 e. The van der Waals surface area contributed by atoms with Gasteiger partial charge < -0.3 is 20.7 Å². The zero-order valence-corrected chi connectivity index (χ0v) is 15.2. The molecular formula is C20H19FN6O. The van der Waals surface area contributed by atoms with E-state index in [9.17, 15) is 4.39 Å². The minimum Gasteiger partial charge on any atom is -0.395 e. The third-order valence-electron chi connectivity index (χ3n) is 4.36. The Balaban J connectivity index is 1.91. The van der Waals surface area contributed by atoms with Crippen LogP contribution in [0.5, 0.6) is 0 Å². The number of H-pyrrole nitrogens is 1. The molecule has 0 fully saturated rings. The Morgan fingerprint density at radius 1 is 1.07 bits per heavy atom. The van der Waals surface area contributed by atoms with Crippen LogP contribution >= 0.6 is 0 Å². The van der Waals surface area contributed by atoms with Crippen LogP contribution in [0, 0.1) is 5.82 Å². The van der Waals surface area contributed by atoms with Crippen LogP contribution in [0.3, 0.4) is 0 Å². The molecule has 0 radical (unpaired) electrons. The molecule has 4 N–H and O–H groups in total. The van der Waals surface area contributed by atoms with Crippen LogP contribution in [0.1, 0.15) is 0 Å². The SMILES string of the molecule is CNc1cnc2c(-c3ccc(F)cc3)c(-c3ccnc(NCCO)c3)[nH]c2n1. The maximum atomic E-state index is 13.5. The van der Waals surface area contributed by atoms with Gasteiger partial charge in [0.05, 0.1) is 18.5 Å². The monoisotopic (exact) mass is 378 g/mol. The molecule has 1 aromatic carbocycles. The summed E-state index contributed by atoms with van der Waals surface area (Å²) in [7, 11) is 1.78. The lowest BCUT2D eigenvalue weighted by atomic mass is 10.0. The third-order valence-corrected chi connectivity index (χ3v) is 4.36. The Labute approximate surface area is 160 Å². The topological polar surface area (TPSA) is 98.8 Å². The van der Waals surface area contributed by atoms with Gasteiger partial charge in [0.15, 0.2) is 5.65 Å². The van der Waals surface area contributed by atoms with E-state index in [1.165, 1.54) is 12.1 Å². The number of benzene rings is 1. The van der Waals surface area contributed by atoms with Gasteiger partial charge >= 0.3 is 0 Å². The van der Waals surface area contributed by atoms with E-state index in [-0.39, 0.29) is 12.4 Å². The molecule has 0 unspecified atom stereocenters. The van der Waals surface area contributed by atoms with Crippen molar-refractivity contribution in [3.63, 3.8) is 0 Å². The van der Waals surface area contributed by atoms with Crippen LogP contribution in [0.4, 0.5) is 16.0 Å². The first kappa shape index (κ1) is 17.9. The summed E-state index contributed by atoms with van der Waals surface area (Å²) in [5.74, 6) is 0.992. The van der Waals surface area contributed by atoms with Gasteiger partial charge in [-0.2, -0.15) is 0 Å². The quantitative estimate of drug-likeness (QED) is 0.411. The van der Waals surface area contributed by atoms with Gasteiger partial charge in [0.2, 0.25) is 0 Å². The number of anilines is 2. The average molecular weight is 378 g/mol. The number of rotatable bonds is 6. The minimum absolute atomic E-state index is 0.0137. The highest BCUT2D eigenvalue weighted by Crippen LogP contribution is 2.37. The van der Waals surface area contributed by atoms with Crippen molar-refractivity contribution in [2.75, 3.05) is 30.8 Å². The van der Waals surface area contributed by atoms with E-state index in [1.807, 2.05) is 12.1 Å². The van der Waals surface area contributed by atoms with E-state index in [2.05, 4.69) is 30.6 Å². The number of pyridine rings is 1. The first-order valence-electron chi connectivity index (χ1n) is 8.83. The van der Waals surface area contributed by atoms with Crippen molar-refractivity contribution < 1.29 is 9.50 Å². The standard InChI is InChI=1S/C20H19FN6O/c1-22-16-11-25-19-17(12-2-4-14(21)5-3-12)18(27-20(19)26-16)13-6-7-23-15(10-13)24-8-9-28/h2-7,10-11,28H,8-9H2,1H3,(H,23,24)(H2,22,26,27). The lowest BCUT2D eigenvalue weighted by Crippen LogP contribution is -2.06. The molecule has 4 aromatic rings. The summed E-state index contributed by atoms with van der Waals surface area (Å²) in [6, 6.07) is 10.1. The van der Waals surface area contributed by atoms with Gasteiger partial charge in [-0.15, -0.1) is 0 Å². The number of hydrogen-bond donors (Lipinski definition) is 4. The molecule has 3 heterocycles. The highest BCUT2D eigenvalue weighted by Gasteiger charge is 2.18. The highest BCUT2D eigenvalue weighted by atomic mass is 19.1. The molecule has 8 heteroatoms. The number of aliphatic hydroxyl groups excluding tert-OH is 1. The van der Waals surface area contributed by atoms with Crippen molar-refractivity contribution in [2.24, 2.45) is 0 Å². The van der Waals surface area contributed by atoms with Gasteiger partial charge in [-0.1, -0.05) is 12.1 Å². The summed E-state index contributed by atoms with van der Waals surface area (Å²) in [6.45, 7) is 0.419. The van der Waals surface area contributed by atoms with Gasteiger partial charge in [-0.3, -0.25) is 0 Å². The van der Waals surface area contributed by atoms with Gasteiger partial charge in [-0.25, -0.2) is 19.3 Å². The normalized spacial score (nSPS) is 11.0. The summed E-state index contributed by atoms with van der Waals surface area (Å²) >= 11 is 0. The van der Waals surface area contributed by atoms with Gasteiger partial charge in [0, 0.05) is 30.9 Å². The Morgan fingerprint density at radius 3 is 2.64 bits per heavy atom. The molecular weight excluding hydrogens is 359 g/mol. The average Bonchev–Trinajstić information content (AvgIpc) is 3.11. The first-order valence-corrected chi connectivity index (χ1v) is 8.83. The van der Waals surface area contributed by atoms with E-state index in [0.717, 1.165) is 22.4 Å². The van der Waals surface area contributed by atoms with Gasteiger partial charge in [0.1, 0.15) is 23.0 Å². The molecule has 142 valence electrons. The molecule has 0 saturated heterocycles. The molecule has 0 spiro atoms. The third kappa shape index (κ3) is 3.37. The largest absolute Gasteiger partial charge is 0.395 e.